The van der Waals surface area contributed by atoms with Crippen LogP contribution in [0.1, 0.15) is 11.1 Å². The molecule has 0 aliphatic rings. The third-order valence-corrected chi connectivity index (χ3v) is 3.20. The lowest BCUT2D eigenvalue weighted by molar-refractivity contribution is 0.475. The summed E-state index contributed by atoms with van der Waals surface area (Å²) in [6, 6.07) is 18.9. The van der Waals surface area contributed by atoms with Gasteiger partial charge in [0.1, 0.15) is 11.5 Å². The third-order valence-electron chi connectivity index (χ3n) is 3.20. The van der Waals surface area contributed by atoms with Gasteiger partial charge in [-0.25, -0.2) is 15.0 Å². The van der Waals surface area contributed by atoms with Gasteiger partial charge < -0.3 is 10.2 Å². The van der Waals surface area contributed by atoms with Gasteiger partial charge in [0, 0.05) is 12.4 Å². The second-order valence-corrected chi connectivity index (χ2v) is 5.05. The highest BCUT2D eigenvalue weighted by Gasteiger charge is 1.95. The van der Waals surface area contributed by atoms with Gasteiger partial charge in [0.15, 0.2) is 11.6 Å². The Kier molecular flexibility index (Phi) is 4.62. The van der Waals surface area contributed by atoms with Gasteiger partial charge in [-0.2, -0.15) is 0 Å². The molecule has 118 valence electrons. The Labute approximate surface area is 139 Å². The lowest BCUT2D eigenvalue weighted by atomic mass is 10.2. The summed E-state index contributed by atoms with van der Waals surface area (Å²) in [6.45, 7) is 0. The number of aliphatic imine (C=N–C) groups is 2. The number of aromatic hydroxyl groups is 2. The molecule has 0 saturated carbocycles. The summed E-state index contributed by atoms with van der Waals surface area (Å²) >= 11 is 0. The van der Waals surface area contributed by atoms with E-state index in [-0.39, 0.29) is 11.5 Å². The van der Waals surface area contributed by atoms with Crippen LogP contribution in [0.5, 0.6) is 11.5 Å². The molecule has 5 heteroatoms. The van der Waals surface area contributed by atoms with Crippen LogP contribution in [0, 0.1) is 0 Å². The van der Waals surface area contributed by atoms with Crippen molar-refractivity contribution in [3.05, 3.63) is 77.9 Å². The van der Waals surface area contributed by atoms with Crippen molar-refractivity contribution in [2.45, 2.75) is 0 Å². The molecule has 2 N–H and O–H groups in total. The van der Waals surface area contributed by atoms with Crippen molar-refractivity contribution in [1.82, 2.24) is 4.98 Å². The highest BCUT2D eigenvalue weighted by atomic mass is 16.3. The molecule has 0 aliphatic carbocycles. The number of phenolic OH excluding ortho intramolecular Hbond substituents is 2. The molecule has 24 heavy (non-hydrogen) atoms. The Morgan fingerprint density at radius 2 is 1.04 bits per heavy atom. The number of hydrogen-bond acceptors (Lipinski definition) is 5. The predicted octanol–water partition coefficient (Wildman–Crippen LogP) is 3.99. The number of pyridine rings is 1. The Hall–Kier alpha value is -3.47. The highest BCUT2D eigenvalue weighted by molar-refractivity contribution is 5.82. The van der Waals surface area contributed by atoms with Crippen LogP contribution < -0.4 is 0 Å². The molecule has 0 spiro atoms. The van der Waals surface area contributed by atoms with Crippen LogP contribution in [0.25, 0.3) is 0 Å². The Bertz CT molecular complexity index is 799. The van der Waals surface area contributed by atoms with E-state index in [1.807, 2.05) is 6.07 Å². The van der Waals surface area contributed by atoms with Crippen molar-refractivity contribution in [2.75, 3.05) is 0 Å². The minimum atomic E-state index is 0.218. The van der Waals surface area contributed by atoms with Crippen molar-refractivity contribution in [1.29, 1.82) is 0 Å². The van der Waals surface area contributed by atoms with E-state index in [2.05, 4.69) is 15.0 Å². The number of phenols is 2. The van der Waals surface area contributed by atoms with Crippen LogP contribution in [0.15, 0.2) is 76.7 Å². The summed E-state index contributed by atoms with van der Waals surface area (Å²) in [5, 5.41) is 18.5. The lowest BCUT2D eigenvalue weighted by Crippen LogP contribution is -1.82. The van der Waals surface area contributed by atoms with Crippen LogP contribution in [-0.4, -0.2) is 27.6 Å². The average Bonchev–Trinajstić information content (AvgIpc) is 2.61. The van der Waals surface area contributed by atoms with E-state index in [9.17, 15) is 10.2 Å². The largest absolute Gasteiger partial charge is 0.508 e. The SMILES string of the molecule is Oc1ccc(C=Nc2cccc(/N=C/c3ccc(O)cc3)n2)cc1. The van der Waals surface area contributed by atoms with Gasteiger partial charge in [-0.15, -0.1) is 0 Å². The summed E-state index contributed by atoms with van der Waals surface area (Å²) < 4.78 is 0. The quantitative estimate of drug-likeness (QED) is 0.714. The van der Waals surface area contributed by atoms with Gasteiger partial charge in [0.2, 0.25) is 0 Å². The molecule has 3 aromatic rings. The van der Waals surface area contributed by atoms with Gasteiger partial charge in [-0.05, 0) is 71.8 Å². The standard InChI is InChI=1S/C19H15N3O2/c23-16-8-4-14(5-9-16)12-20-18-2-1-3-19(22-18)21-13-15-6-10-17(24)11-7-15/h1-13,23-24H/b20-12+,21-13?. The van der Waals surface area contributed by atoms with E-state index < -0.39 is 0 Å². The summed E-state index contributed by atoms with van der Waals surface area (Å²) in [5.74, 6) is 1.53. The zero-order valence-corrected chi connectivity index (χ0v) is 12.7. The summed E-state index contributed by atoms with van der Waals surface area (Å²) in [6.07, 6.45) is 3.35. The van der Waals surface area contributed by atoms with Crippen molar-refractivity contribution < 1.29 is 10.2 Å². The molecule has 3 rings (SSSR count). The normalized spacial score (nSPS) is 11.3. The average molecular weight is 317 g/mol. The van der Waals surface area contributed by atoms with E-state index in [1.54, 1.807) is 73.1 Å². The summed E-state index contributed by atoms with van der Waals surface area (Å²) in [5.41, 5.74) is 1.74. The van der Waals surface area contributed by atoms with Crippen molar-refractivity contribution in [2.24, 2.45) is 9.98 Å². The minimum absolute atomic E-state index is 0.218. The number of nitrogens with zero attached hydrogens (tertiary/aromatic N) is 3. The summed E-state index contributed by atoms with van der Waals surface area (Å²) in [4.78, 5) is 13.0. The van der Waals surface area contributed by atoms with Gasteiger partial charge >= 0.3 is 0 Å². The van der Waals surface area contributed by atoms with Crippen LogP contribution in [-0.2, 0) is 0 Å². The molecule has 0 unspecified atom stereocenters. The molecule has 0 atom stereocenters. The zero-order valence-electron chi connectivity index (χ0n) is 12.7. The van der Waals surface area contributed by atoms with Crippen molar-refractivity contribution >= 4 is 24.1 Å². The maximum absolute atomic E-state index is 9.26. The summed E-state index contributed by atoms with van der Waals surface area (Å²) in [7, 11) is 0. The fourth-order valence-corrected chi connectivity index (χ4v) is 1.96. The number of benzene rings is 2. The Balaban J connectivity index is 1.74. The first-order valence-corrected chi connectivity index (χ1v) is 7.32. The molecule has 0 saturated heterocycles. The fourth-order valence-electron chi connectivity index (χ4n) is 1.96. The topological polar surface area (TPSA) is 78.1 Å². The van der Waals surface area contributed by atoms with E-state index >= 15 is 0 Å². The molecular weight excluding hydrogens is 302 g/mol. The molecule has 0 radical (unpaired) electrons. The molecule has 5 nitrogen and oxygen atoms in total. The second kappa shape index (κ2) is 7.19. The minimum Gasteiger partial charge on any atom is -0.508 e. The third kappa shape index (κ3) is 4.27. The molecule has 0 fully saturated rings. The first kappa shape index (κ1) is 15.4. The van der Waals surface area contributed by atoms with Crippen LogP contribution in [0.4, 0.5) is 11.6 Å². The highest BCUT2D eigenvalue weighted by Crippen LogP contribution is 2.16. The predicted molar refractivity (Wildman–Crippen MR) is 95.0 cm³/mol. The fraction of sp³-hybridized carbons (Fsp3) is 0. The maximum Gasteiger partial charge on any atom is 0.154 e. The first-order chi connectivity index (χ1) is 11.7. The van der Waals surface area contributed by atoms with E-state index in [0.717, 1.165) is 11.1 Å². The van der Waals surface area contributed by atoms with Crippen LogP contribution in [0.2, 0.25) is 0 Å². The van der Waals surface area contributed by atoms with Crippen LogP contribution in [0.3, 0.4) is 0 Å². The van der Waals surface area contributed by atoms with Crippen molar-refractivity contribution in [3.8, 4) is 11.5 Å². The lowest BCUT2D eigenvalue weighted by Gasteiger charge is -1.97. The van der Waals surface area contributed by atoms with Gasteiger partial charge in [-0.3, -0.25) is 0 Å². The van der Waals surface area contributed by atoms with Gasteiger partial charge in [-0.1, -0.05) is 6.07 Å². The van der Waals surface area contributed by atoms with Crippen molar-refractivity contribution in [3.63, 3.8) is 0 Å². The molecule has 0 aliphatic heterocycles. The molecule has 0 bridgehead atoms. The van der Waals surface area contributed by atoms with Gasteiger partial charge in [0.25, 0.3) is 0 Å². The maximum atomic E-state index is 9.26. The Morgan fingerprint density at radius 3 is 1.46 bits per heavy atom. The zero-order chi connectivity index (χ0) is 16.8. The molecule has 0 amide bonds. The number of hydrogen-bond donors (Lipinski definition) is 2. The molecular formula is C19H15N3O2. The first-order valence-electron chi connectivity index (χ1n) is 7.32. The number of aromatic nitrogens is 1. The van der Waals surface area contributed by atoms with Gasteiger partial charge in [0.05, 0.1) is 0 Å². The van der Waals surface area contributed by atoms with E-state index in [0.29, 0.717) is 11.6 Å². The smallest absolute Gasteiger partial charge is 0.154 e. The Morgan fingerprint density at radius 1 is 0.625 bits per heavy atom. The second-order valence-electron chi connectivity index (χ2n) is 5.05. The number of rotatable bonds is 4. The molecule has 1 aromatic heterocycles. The van der Waals surface area contributed by atoms with E-state index in [1.165, 1.54) is 0 Å². The molecule has 2 aromatic carbocycles. The van der Waals surface area contributed by atoms with Crippen LogP contribution >= 0.6 is 0 Å². The molecule has 1 heterocycles. The van der Waals surface area contributed by atoms with E-state index in [4.69, 9.17) is 0 Å². The monoisotopic (exact) mass is 317 g/mol.